The van der Waals surface area contributed by atoms with Crippen LogP contribution in [0.5, 0.6) is 0 Å². The lowest BCUT2D eigenvalue weighted by atomic mass is 9.91. The quantitative estimate of drug-likeness (QED) is 0.776. The first-order valence-electron chi connectivity index (χ1n) is 7.46. The number of nitrogens with one attached hydrogen (secondary N) is 1. The van der Waals surface area contributed by atoms with Crippen LogP contribution < -0.4 is 5.73 Å². The number of nitrogens with two attached hydrogens (primary N) is 1. The van der Waals surface area contributed by atoms with Gasteiger partial charge in [0.05, 0.1) is 5.02 Å². The third-order valence-electron chi connectivity index (χ3n) is 4.29. The first kappa shape index (κ1) is 14.4. The summed E-state index contributed by atoms with van der Waals surface area (Å²) in [5.41, 5.74) is 8.67. The van der Waals surface area contributed by atoms with Gasteiger partial charge in [0, 0.05) is 22.7 Å². The molecule has 0 radical (unpaired) electrons. The fraction of sp³-hybridized carbons (Fsp3) is 0.438. The van der Waals surface area contributed by atoms with Gasteiger partial charge in [-0.15, -0.1) is 0 Å². The van der Waals surface area contributed by atoms with Gasteiger partial charge in [-0.2, -0.15) is 5.10 Å². The van der Waals surface area contributed by atoms with E-state index in [2.05, 4.69) is 10.2 Å². The summed E-state index contributed by atoms with van der Waals surface area (Å²) in [6, 6.07) is 4.41. The topological polar surface area (TPSA) is 54.7 Å². The van der Waals surface area contributed by atoms with Crippen molar-refractivity contribution in [2.24, 2.45) is 0 Å². The van der Waals surface area contributed by atoms with E-state index < -0.39 is 0 Å². The molecule has 1 aromatic carbocycles. The van der Waals surface area contributed by atoms with E-state index in [-0.39, 0.29) is 5.82 Å². The van der Waals surface area contributed by atoms with E-state index >= 15 is 0 Å². The van der Waals surface area contributed by atoms with Crippen LogP contribution in [-0.4, -0.2) is 10.2 Å². The minimum absolute atomic E-state index is 0.346. The number of nitrogens with zero attached hydrogens (tertiary/aromatic N) is 1. The summed E-state index contributed by atoms with van der Waals surface area (Å²) in [4.78, 5) is 0. The van der Waals surface area contributed by atoms with E-state index in [1.807, 2.05) is 0 Å². The summed E-state index contributed by atoms with van der Waals surface area (Å²) in [6.45, 7) is 0. The van der Waals surface area contributed by atoms with Crippen molar-refractivity contribution < 1.29 is 4.39 Å². The molecule has 1 aliphatic rings. The molecule has 2 aromatic rings. The van der Waals surface area contributed by atoms with Gasteiger partial charge in [-0.3, -0.25) is 5.10 Å². The van der Waals surface area contributed by atoms with Gasteiger partial charge in [-0.1, -0.05) is 37.3 Å². The van der Waals surface area contributed by atoms with Crippen LogP contribution in [0.15, 0.2) is 18.2 Å². The van der Waals surface area contributed by atoms with E-state index in [0.29, 0.717) is 16.8 Å². The molecule has 0 bridgehead atoms. The van der Waals surface area contributed by atoms with Crippen molar-refractivity contribution in [3.05, 3.63) is 34.7 Å². The van der Waals surface area contributed by atoms with Gasteiger partial charge in [-0.05, 0) is 31.0 Å². The summed E-state index contributed by atoms with van der Waals surface area (Å²) in [5, 5.41) is 7.62. The molecule has 1 aliphatic carbocycles. The average molecular weight is 308 g/mol. The van der Waals surface area contributed by atoms with Crippen LogP contribution in [0.2, 0.25) is 5.02 Å². The van der Waals surface area contributed by atoms with Crippen molar-refractivity contribution in [1.82, 2.24) is 10.2 Å². The molecule has 1 saturated carbocycles. The summed E-state index contributed by atoms with van der Waals surface area (Å²) >= 11 is 6.20. The van der Waals surface area contributed by atoms with Gasteiger partial charge in [0.25, 0.3) is 0 Å². The van der Waals surface area contributed by atoms with E-state index in [1.165, 1.54) is 37.8 Å². The van der Waals surface area contributed by atoms with Gasteiger partial charge >= 0.3 is 0 Å². The molecule has 1 heterocycles. The highest BCUT2D eigenvalue weighted by molar-refractivity contribution is 6.33. The summed E-state index contributed by atoms with van der Waals surface area (Å²) in [7, 11) is 0. The highest BCUT2D eigenvalue weighted by atomic mass is 35.5. The summed E-state index contributed by atoms with van der Waals surface area (Å²) in [5.74, 6) is 0.512. The fourth-order valence-corrected chi connectivity index (χ4v) is 3.47. The van der Waals surface area contributed by atoms with Crippen molar-refractivity contribution in [3.8, 4) is 11.1 Å². The molecule has 3 N–H and O–H groups in total. The lowest BCUT2D eigenvalue weighted by Crippen LogP contribution is -2.01. The Morgan fingerprint density at radius 3 is 2.57 bits per heavy atom. The average Bonchev–Trinajstić information content (AvgIpc) is 2.67. The first-order valence-corrected chi connectivity index (χ1v) is 7.84. The van der Waals surface area contributed by atoms with E-state index in [0.717, 1.165) is 29.7 Å². The number of halogens is 2. The van der Waals surface area contributed by atoms with Crippen molar-refractivity contribution >= 4 is 17.4 Å². The third kappa shape index (κ3) is 2.91. The smallest absolute Gasteiger partial charge is 0.153 e. The van der Waals surface area contributed by atoms with Crippen LogP contribution in [0.1, 0.15) is 50.1 Å². The Hall–Kier alpha value is -1.55. The van der Waals surface area contributed by atoms with Crippen LogP contribution in [0.3, 0.4) is 0 Å². The standard InChI is InChI=1S/C16H19ClFN3/c17-13-9-11(18)7-8-12(13)14-15(20-21-16(14)19)10-5-3-1-2-4-6-10/h7-10H,1-6H2,(H3,19,20,21). The van der Waals surface area contributed by atoms with Crippen molar-refractivity contribution in [3.63, 3.8) is 0 Å². The van der Waals surface area contributed by atoms with Gasteiger partial charge in [-0.25, -0.2) is 4.39 Å². The Labute approximate surface area is 128 Å². The van der Waals surface area contributed by atoms with Crippen molar-refractivity contribution in [1.29, 1.82) is 0 Å². The number of benzene rings is 1. The zero-order valence-corrected chi connectivity index (χ0v) is 12.6. The molecular weight excluding hydrogens is 289 g/mol. The van der Waals surface area contributed by atoms with E-state index in [1.54, 1.807) is 6.07 Å². The Morgan fingerprint density at radius 2 is 1.90 bits per heavy atom. The SMILES string of the molecule is Nc1n[nH]c(C2CCCCCC2)c1-c1ccc(F)cc1Cl. The van der Waals surface area contributed by atoms with Gasteiger partial charge in [0.15, 0.2) is 5.82 Å². The molecule has 0 aliphatic heterocycles. The normalized spacial score (nSPS) is 16.9. The van der Waals surface area contributed by atoms with E-state index in [9.17, 15) is 4.39 Å². The molecule has 21 heavy (non-hydrogen) atoms. The minimum atomic E-state index is -0.346. The Balaban J connectivity index is 2.03. The molecule has 3 rings (SSSR count). The number of nitrogen functional groups attached to an aromatic ring is 1. The largest absolute Gasteiger partial charge is 0.382 e. The van der Waals surface area contributed by atoms with Crippen molar-refractivity contribution in [2.45, 2.75) is 44.4 Å². The van der Waals surface area contributed by atoms with Crippen LogP contribution in [0.25, 0.3) is 11.1 Å². The number of hydrogen-bond donors (Lipinski definition) is 2. The maximum Gasteiger partial charge on any atom is 0.153 e. The summed E-state index contributed by atoms with van der Waals surface area (Å²) in [6.07, 6.45) is 7.28. The minimum Gasteiger partial charge on any atom is -0.382 e. The predicted molar refractivity (Wildman–Crippen MR) is 83.8 cm³/mol. The number of H-pyrrole nitrogens is 1. The summed E-state index contributed by atoms with van der Waals surface area (Å²) < 4.78 is 13.3. The lowest BCUT2D eigenvalue weighted by Gasteiger charge is -2.15. The van der Waals surface area contributed by atoms with Crippen LogP contribution >= 0.6 is 11.6 Å². The van der Waals surface area contributed by atoms with E-state index in [4.69, 9.17) is 17.3 Å². The fourth-order valence-electron chi connectivity index (χ4n) is 3.21. The number of anilines is 1. The first-order chi connectivity index (χ1) is 10.2. The number of aromatic nitrogens is 2. The molecule has 112 valence electrons. The van der Waals surface area contributed by atoms with Crippen LogP contribution in [0, 0.1) is 5.82 Å². The highest BCUT2D eigenvalue weighted by Gasteiger charge is 2.23. The number of hydrogen-bond acceptors (Lipinski definition) is 2. The van der Waals surface area contributed by atoms with Crippen LogP contribution in [-0.2, 0) is 0 Å². The van der Waals surface area contributed by atoms with Gasteiger partial charge in [0.2, 0.25) is 0 Å². The zero-order chi connectivity index (χ0) is 14.8. The molecule has 0 unspecified atom stereocenters. The van der Waals surface area contributed by atoms with Gasteiger partial charge in [0.1, 0.15) is 5.82 Å². The molecular formula is C16H19ClFN3. The monoisotopic (exact) mass is 307 g/mol. The lowest BCUT2D eigenvalue weighted by molar-refractivity contribution is 0.577. The second-order valence-electron chi connectivity index (χ2n) is 5.71. The molecule has 0 atom stereocenters. The Bertz CT molecular complexity index is 630. The number of aromatic amines is 1. The molecule has 3 nitrogen and oxygen atoms in total. The number of rotatable bonds is 2. The predicted octanol–water partition coefficient (Wildman–Crippen LogP) is 4.89. The molecule has 5 heteroatoms. The molecule has 0 saturated heterocycles. The third-order valence-corrected chi connectivity index (χ3v) is 4.60. The van der Waals surface area contributed by atoms with Crippen molar-refractivity contribution in [2.75, 3.05) is 5.73 Å². The Kier molecular flexibility index (Phi) is 4.15. The Morgan fingerprint density at radius 1 is 1.19 bits per heavy atom. The van der Waals surface area contributed by atoms with Crippen LogP contribution in [0.4, 0.5) is 10.2 Å². The highest BCUT2D eigenvalue weighted by Crippen LogP contribution is 2.41. The second kappa shape index (κ2) is 6.06. The maximum absolute atomic E-state index is 13.3. The maximum atomic E-state index is 13.3. The molecule has 0 amide bonds. The second-order valence-corrected chi connectivity index (χ2v) is 6.12. The molecule has 1 fully saturated rings. The van der Waals surface area contributed by atoms with Gasteiger partial charge < -0.3 is 5.73 Å². The molecule has 1 aromatic heterocycles. The zero-order valence-electron chi connectivity index (χ0n) is 11.8. The molecule has 0 spiro atoms.